The summed E-state index contributed by atoms with van der Waals surface area (Å²) >= 11 is 1.33. The van der Waals surface area contributed by atoms with E-state index in [1.807, 2.05) is 4.90 Å². The Hall–Kier alpha value is -2.76. The second-order valence-electron chi connectivity index (χ2n) is 9.08. The third kappa shape index (κ3) is 8.89. The number of carbonyl (C=O) groups excluding carboxylic acids is 2. The quantitative estimate of drug-likeness (QED) is 0.161. The van der Waals surface area contributed by atoms with Gasteiger partial charge in [0, 0.05) is 28.4 Å². The Labute approximate surface area is 274 Å². The largest absolute Gasteiger partial charge is 1.00 e. The number of thioether (sulfide) groups is 1. The van der Waals surface area contributed by atoms with E-state index in [0.29, 0.717) is 10.7 Å². The average Bonchev–Trinajstić information content (AvgIpc) is 3.35. The van der Waals surface area contributed by atoms with Crippen LogP contribution >= 0.6 is 11.8 Å². The van der Waals surface area contributed by atoms with Gasteiger partial charge in [0.05, 0.1) is 32.3 Å². The monoisotopic (exact) mass is 656 g/mol. The molecule has 2 aliphatic rings. The zero-order valence-electron chi connectivity index (χ0n) is 22.9. The van der Waals surface area contributed by atoms with E-state index in [1.54, 1.807) is 42.5 Å². The summed E-state index contributed by atoms with van der Waals surface area (Å²) in [5.41, 5.74) is 1.45. The molecule has 43 heavy (non-hydrogen) atoms. The number of allylic oxidation sites excluding steroid dienone is 5. The van der Waals surface area contributed by atoms with Crippen LogP contribution in [0.1, 0.15) is 16.8 Å². The summed E-state index contributed by atoms with van der Waals surface area (Å²) < 4.78 is 63.7. The van der Waals surface area contributed by atoms with Gasteiger partial charge in [0.15, 0.2) is 5.78 Å². The number of aliphatic carboxylic acids is 1. The molecule has 0 unspecified atom stereocenters. The van der Waals surface area contributed by atoms with Gasteiger partial charge in [-0.05, 0) is 48.9 Å². The number of anilines is 2. The van der Waals surface area contributed by atoms with Crippen molar-refractivity contribution in [2.24, 2.45) is 0 Å². The summed E-state index contributed by atoms with van der Waals surface area (Å²) in [6, 6.07) is 11.2. The Bertz CT molecular complexity index is 1730. The molecule has 0 saturated carbocycles. The van der Waals surface area contributed by atoms with E-state index in [9.17, 15) is 35.8 Å². The molecule has 2 N–H and O–H groups in total. The van der Waals surface area contributed by atoms with E-state index in [-0.39, 0.29) is 76.8 Å². The molecule has 0 aromatic heterocycles. The van der Waals surface area contributed by atoms with Gasteiger partial charge in [-0.1, -0.05) is 36.0 Å². The number of carboxylic acids is 1. The second kappa shape index (κ2) is 14.8. The van der Waals surface area contributed by atoms with Gasteiger partial charge in [-0.3, -0.25) is 9.59 Å². The summed E-state index contributed by atoms with van der Waals surface area (Å²) in [5, 5.41) is 12.2. The minimum absolute atomic E-state index is 0. The summed E-state index contributed by atoms with van der Waals surface area (Å²) in [4.78, 5) is 37.3. The van der Waals surface area contributed by atoms with Gasteiger partial charge in [0.25, 0.3) is 0 Å². The molecule has 0 bridgehead atoms. The van der Waals surface area contributed by atoms with Crippen LogP contribution < -0.4 is 39.8 Å². The molecule has 2 aliphatic heterocycles. The van der Waals surface area contributed by atoms with E-state index in [0.717, 1.165) is 10.6 Å². The van der Waals surface area contributed by atoms with Gasteiger partial charge < -0.3 is 24.6 Å². The number of ketones is 2. The predicted octanol–water partition coefficient (Wildman–Crippen LogP) is -0.428. The molecule has 12 nitrogen and oxygen atoms in total. The van der Waals surface area contributed by atoms with E-state index in [4.69, 9.17) is 9.84 Å². The number of sulfone groups is 1. The molecular weight excluding hydrogens is 631 g/mol. The fraction of sp³-hybridized carbons (Fsp3) is 0.222. The number of fused-ring (bicyclic) bond motifs is 2. The third-order valence-corrected chi connectivity index (χ3v) is 9.75. The van der Waals surface area contributed by atoms with Gasteiger partial charge in [0.2, 0.25) is 15.6 Å². The topological polar surface area (TPSA) is 187 Å². The molecule has 0 radical (unpaired) electrons. The second-order valence-corrected chi connectivity index (χ2v) is 13.6. The van der Waals surface area contributed by atoms with Crippen LogP contribution in [0.15, 0.2) is 86.5 Å². The summed E-state index contributed by atoms with van der Waals surface area (Å²) in [6.45, 7) is -0.828. The Morgan fingerprint density at radius 1 is 1.09 bits per heavy atom. The number of carboxylic acid groups (broad SMARTS) is 1. The predicted molar refractivity (Wildman–Crippen MR) is 154 cm³/mol. The van der Waals surface area contributed by atoms with E-state index >= 15 is 0 Å². The number of ether oxygens (including phenoxy) is 1. The Morgan fingerprint density at radius 3 is 2.51 bits per heavy atom. The van der Waals surface area contributed by atoms with Crippen molar-refractivity contribution in [3.8, 4) is 0 Å². The van der Waals surface area contributed by atoms with Gasteiger partial charge >= 0.3 is 35.5 Å². The van der Waals surface area contributed by atoms with Crippen molar-refractivity contribution < 1.29 is 75.2 Å². The number of hydrogen-bond donors (Lipinski definition) is 2. The van der Waals surface area contributed by atoms with Gasteiger partial charge in [-0.2, -0.15) is 0 Å². The zero-order valence-corrected chi connectivity index (χ0v) is 27.3. The van der Waals surface area contributed by atoms with Crippen molar-refractivity contribution >= 4 is 60.6 Å². The molecule has 2 aromatic rings. The van der Waals surface area contributed by atoms with E-state index < -0.39 is 44.1 Å². The molecule has 2 aromatic carbocycles. The van der Waals surface area contributed by atoms with Gasteiger partial charge in [-0.25, -0.2) is 21.6 Å². The third-order valence-electron chi connectivity index (χ3n) is 6.02. The van der Waals surface area contributed by atoms with Gasteiger partial charge in [-0.15, -0.1) is 0 Å². The first-order valence-corrected chi connectivity index (χ1v) is 16.3. The molecule has 222 valence electrons. The van der Waals surface area contributed by atoms with Gasteiger partial charge in [0.1, 0.15) is 18.1 Å². The molecule has 0 spiro atoms. The van der Waals surface area contributed by atoms with Crippen molar-refractivity contribution in [3.05, 3.63) is 82.3 Å². The van der Waals surface area contributed by atoms with Crippen LogP contribution in [0.25, 0.3) is 0 Å². The number of carbonyl (C=O) groups is 3. The number of rotatable bonds is 13. The molecule has 0 amide bonds. The molecule has 0 atom stereocenters. The number of hydrogen-bond acceptors (Lipinski definition) is 12. The van der Waals surface area contributed by atoms with Crippen LogP contribution in [0.2, 0.25) is 0 Å². The molecule has 16 heteroatoms. The van der Waals surface area contributed by atoms with Crippen LogP contribution in [0, 0.1) is 0 Å². The smallest absolute Gasteiger partial charge is 0.748 e. The van der Waals surface area contributed by atoms with Crippen molar-refractivity contribution in [2.75, 3.05) is 42.3 Å². The Balaban J connectivity index is 0.00000506. The maximum Gasteiger partial charge on any atom is 1.00 e. The summed E-state index contributed by atoms with van der Waals surface area (Å²) in [6.07, 6.45) is 5.95. The number of nitrogens with one attached hydrogen (secondary N) is 1. The first kappa shape index (κ1) is 34.7. The maximum atomic E-state index is 12.8. The van der Waals surface area contributed by atoms with Crippen LogP contribution in [-0.4, -0.2) is 76.1 Å². The van der Waals surface area contributed by atoms with Crippen LogP contribution in [0.3, 0.4) is 0 Å². The normalized spacial score (nSPS) is 17.2. The SMILES string of the molecule is O=C(O)COCC(=O)CNc1ccc2c(c1)S\C(=C/C=C/C=C1/C(=O)c3ccccc3S1(=O)=O)N2CCCS(=O)(=O)[O-].[Na+]. The molecule has 0 fully saturated rings. The van der Waals surface area contributed by atoms with Crippen molar-refractivity contribution in [3.63, 3.8) is 0 Å². The fourth-order valence-corrected chi connectivity index (χ4v) is 7.36. The molecular formula is C27H25N2NaO10S3. The maximum absolute atomic E-state index is 12.8. The minimum Gasteiger partial charge on any atom is -0.748 e. The van der Waals surface area contributed by atoms with E-state index in [1.165, 1.54) is 36.0 Å². The number of benzene rings is 2. The zero-order chi connectivity index (χ0) is 30.5. The summed E-state index contributed by atoms with van der Waals surface area (Å²) in [7, 11) is -8.34. The van der Waals surface area contributed by atoms with Crippen molar-refractivity contribution in [1.82, 2.24) is 0 Å². The molecule has 4 rings (SSSR count). The van der Waals surface area contributed by atoms with Crippen LogP contribution in [0.5, 0.6) is 0 Å². The molecule has 2 heterocycles. The Morgan fingerprint density at radius 2 is 1.81 bits per heavy atom. The van der Waals surface area contributed by atoms with E-state index in [2.05, 4.69) is 5.32 Å². The first-order valence-electron chi connectivity index (χ1n) is 12.4. The Kier molecular flexibility index (Phi) is 12.0. The molecule has 0 saturated heterocycles. The standard InChI is InChI=1S/C27H26N2O10S3.Na/c30-19(16-39-17-26(31)32)15-28-18-10-11-21-22(14-18)40-25(29(21)12-5-13-41(34,35)36)9-4-3-8-24-27(33)20-6-1-2-7-23(20)42(24,37)38;/h1-4,6-11,14,28H,5,12-13,15-17H2,(H,31,32)(H,34,35,36);/q;+1/p-1/b4-3+,24-8-,25-9-;. The summed E-state index contributed by atoms with van der Waals surface area (Å²) in [5.74, 6) is -2.67. The minimum atomic E-state index is -4.41. The van der Waals surface area contributed by atoms with Crippen LogP contribution in [0.4, 0.5) is 11.4 Å². The van der Waals surface area contributed by atoms with Crippen molar-refractivity contribution in [1.29, 1.82) is 0 Å². The van der Waals surface area contributed by atoms with Crippen molar-refractivity contribution in [2.45, 2.75) is 16.2 Å². The molecule has 0 aliphatic carbocycles. The fourth-order valence-electron chi connectivity index (χ4n) is 4.18. The average molecular weight is 657 g/mol. The first-order chi connectivity index (χ1) is 19.9. The van der Waals surface area contributed by atoms with Crippen LogP contribution in [-0.2, 0) is 34.3 Å². The number of Topliss-reactive ketones (excluding diaryl/α,β-unsaturated/α-hetero) is 2. The number of nitrogens with zero attached hydrogens (tertiary/aromatic N) is 1.